The first-order valence-corrected chi connectivity index (χ1v) is 5.04. The Balaban J connectivity index is 2.82. The molecular weight excluding hydrogens is 208 g/mol. The van der Waals surface area contributed by atoms with Gasteiger partial charge in [-0.15, -0.1) is 0 Å². The molecule has 86 valence electrons. The summed E-state index contributed by atoms with van der Waals surface area (Å²) >= 11 is 0. The molecule has 0 heterocycles. The molecule has 4 heteroatoms. The monoisotopic (exact) mass is 222 g/mol. The summed E-state index contributed by atoms with van der Waals surface area (Å²) in [7, 11) is 1.23. The van der Waals surface area contributed by atoms with Crippen LogP contribution in [0.1, 0.15) is 23.7 Å². The van der Waals surface area contributed by atoms with E-state index in [0.717, 1.165) is 0 Å². The van der Waals surface area contributed by atoms with Crippen molar-refractivity contribution in [2.75, 3.05) is 7.11 Å². The van der Waals surface area contributed by atoms with Crippen LogP contribution in [0.25, 0.3) is 0 Å². The molecule has 0 fully saturated rings. The van der Waals surface area contributed by atoms with Gasteiger partial charge in [0.15, 0.2) is 5.78 Å². The zero-order valence-electron chi connectivity index (χ0n) is 9.30. The third kappa shape index (κ3) is 2.90. The maximum absolute atomic E-state index is 11.9. The van der Waals surface area contributed by atoms with Crippen molar-refractivity contribution in [3.8, 4) is 0 Å². The van der Waals surface area contributed by atoms with Crippen LogP contribution in [0.15, 0.2) is 30.3 Å². The van der Waals surface area contributed by atoms with Gasteiger partial charge in [0, 0.05) is 5.56 Å². The molecule has 0 aliphatic heterocycles. The van der Waals surface area contributed by atoms with E-state index in [1.54, 1.807) is 31.2 Å². The summed E-state index contributed by atoms with van der Waals surface area (Å²) in [4.78, 5) is 32.0. The first-order chi connectivity index (χ1) is 7.70. The fourth-order valence-corrected chi connectivity index (χ4v) is 1.40. The molecular formula is C12H14O4. The Labute approximate surface area is 94.1 Å². The van der Waals surface area contributed by atoms with Gasteiger partial charge in [0.25, 0.3) is 0 Å². The van der Waals surface area contributed by atoms with Gasteiger partial charge in [-0.05, 0) is 6.42 Å². The average Bonchev–Trinajstić information content (AvgIpc) is 2.31. The molecule has 0 aliphatic carbocycles. The highest BCUT2D eigenvalue weighted by Gasteiger charge is 2.27. The number of benzene rings is 1. The summed E-state index contributed by atoms with van der Waals surface area (Å²) < 4.78 is 0. The smallest absolute Gasteiger partial charge is 0.298 e. The third-order valence-electron chi connectivity index (χ3n) is 2.23. The molecule has 4 nitrogen and oxygen atoms in total. The molecule has 1 atom stereocenters. The van der Waals surface area contributed by atoms with Crippen LogP contribution in [0.4, 0.5) is 0 Å². The summed E-state index contributed by atoms with van der Waals surface area (Å²) in [6.45, 7) is 1.75. The topological polar surface area (TPSA) is 52.6 Å². The van der Waals surface area contributed by atoms with Crippen molar-refractivity contribution in [1.82, 2.24) is 0 Å². The van der Waals surface area contributed by atoms with E-state index in [9.17, 15) is 9.59 Å². The van der Waals surface area contributed by atoms with E-state index in [4.69, 9.17) is 0 Å². The van der Waals surface area contributed by atoms with Gasteiger partial charge in [0.05, 0.1) is 7.11 Å². The summed E-state index contributed by atoms with van der Waals surface area (Å²) in [5.74, 6) is -1.70. The van der Waals surface area contributed by atoms with E-state index in [-0.39, 0.29) is 5.78 Å². The first kappa shape index (κ1) is 12.4. The van der Waals surface area contributed by atoms with E-state index >= 15 is 0 Å². The van der Waals surface area contributed by atoms with Gasteiger partial charge in [0.2, 0.25) is 0 Å². The van der Waals surface area contributed by atoms with Gasteiger partial charge >= 0.3 is 5.97 Å². The molecule has 1 aromatic rings. The Morgan fingerprint density at radius 3 is 2.38 bits per heavy atom. The van der Waals surface area contributed by atoms with E-state index in [1.165, 1.54) is 7.11 Å². The van der Waals surface area contributed by atoms with Gasteiger partial charge in [-0.1, -0.05) is 37.3 Å². The number of hydrogen-bond donors (Lipinski definition) is 0. The van der Waals surface area contributed by atoms with Crippen molar-refractivity contribution in [1.29, 1.82) is 0 Å². The van der Waals surface area contributed by atoms with Crippen LogP contribution in [0.2, 0.25) is 0 Å². The fraction of sp³-hybridized carbons (Fsp3) is 0.333. The fourth-order valence-electron chi connectivity index (χ4n) is 1.40. The lowest BCUT2D eigenvalue weighted by Gasteiger charge is -2.10. The maximum atomic E-state index is 11.9. The first-order valence-electron chi connectivity index (χ1n) is 5.04. The highest BCUT2D eigenvalue weighted by atomic mass is 17.2. The van der Waals surface area contributed by atoms with E-state index < -0.39 is 11.9 Å². The van der Waals surface area contributed by atoms with E-state index in [0.29, 0.717) is 12.0 Å². The van der Waals surface area contributed by atoms with Crippen molar-refractivity contribution in [3.05, 3.63) is 35.9 Å². The van der Waals surface area contributed by atoms with Crippen molar-refractivity contribution < 1.29 is 19.4 Å². The minimum atomic E-state index is -0.803. The standard InChI is InChI=1S/C12H14O4/c1-3-10(12(14)16-15-2)11(13)9-7-5-4-6-8-9/h4-8,10H,3H2,1-2H3. The van der Waals surface area contributed by atoms with Crippen LogP contribution in [0, 0.1) is 5.92 Å². The largest absolute Gasteiger partial charge is 0.353 e. The maximum Gasteiger partial charge on any atom is 0.353 e. The van der Waals surface area contributed by atoms with Crippen molar-refractivity contribution >= 4 is 11.8 Å². The zero-order chi connectivity index (χ0) is 12.0. The predicted molar refractivity (Wildman–Crippen MR) is 57.7 cm³/mol. The van der Waals surface area contributed by atoms with Gasteiger partial charge in [0.1, 0.15) is 5.92 Å². The van der Waals surface area contributed by atoms with Crippen LogP contribution >= 0.6 is 0 Å². The number of hydrogen-bond acceptors (Lipinski definition) is 4. The average molecular weight is 222 g/mol. The molecule has 0 spiro atoms. The van der Waals surface area contributed by atoms with Crippen LogP contribution in [0.5, 0.6) is 0 Å². The number of Topliss-reactive ketones (excluding diaryl/α,β-unsaturated/α-hetero) is 1. The molecule has 0 aliphatic rings. The number of carbonyl (C=O) groups excluding carboxylic acids is 2. The Hall–Kier alpha value is -1.68. The van der Waals surface area contributed by atoms with Gasteiger partial charge in [-0.3, -0.25) is 9.68 Å². The predicted octanol–water partition coefficient (Wildman–Crippen LogP) is 2.00. The molecule has 0 saturated carbocycles. The molecule has 0 amide bonds. The van der Waals surface area contributed by atoms with Crippen molar-refractivity contribution in [3.63, 3.8) is 0 Å². The van der Waals surface area contributed by atoms with Gasteiger partial charge in [-0.25, -0.2) is 4.79 Å². The Morgan fingerprint density at radius 2 is 1.88 bits per heavy atom. The Morgan fingerprint density at radius 1 is 1.25 bits per heavy atom. The molecule has 1 unspecified atom stereocenters. The van der Waals surface area contributed by atoms with Crippen LogP contribution < -0.4 is 0 Å². The highest BCUT2D eigenvalue weighted by molar-refractivity contribution is 6.08. The second kappa shape index (κ2) is 6.02. The van der Waals surface area contributed by atoms with Crippen molar-refractivity contribution in [2.45, 2.75) is 13.3 Å². The second-order valence-corrected chi connectivity index (χ2v) is 3.26. The second-order valence-electron chi connectivity index (χ2n) is 3.26. The van der Waals surface area contributed by atoms with Crippen LogP contribution in [-0.2, 0) is 14.6 Å². The van der Waals surface area contributed by atoms with Gasteiger partial charge in [-0.2, -0.15) is 4.89 Å². The number of carbonyl (C=O) groups is 2. The minimum absolute atomic E-state index is 0.245. The Bertz CT molecular complexity index is 359. The number of rotatable bonds is 5. The summed E-state index contributed by atoms with van der Waals surface area (Å²) in [6, 6.07) is 8.66. The SMILES string of the molecule is CCC(C(=O)OOC)C(=O)c1ccccc1. The molecule has 0 bridgehead atoms. The molecule has 1 rings (SSSR count). The van der Waals surface area contributed by atoms with Crippen LogP contribution in [-0.4, -0.2) is 18.9 Å². The highest BCUT2D eigenvalue weighted by Crippen LogP contribution is 2.14. The molecule has 0 saturated heterocycles. The molecule has 0 N–H and O–H groups in total. The Kier molecular flexibility index (Phi) is 4.66. The van der Waals surface area contributed by atoms with Crippen molar-refractivity contribution in [2.24, 2.45) is 5.92 Å². The normalized spacial score (nSPS) is 11.9. The summed E-state index contributed by atoms with van der Waals surface area (Å²) in [6.07, 6.45) is 0.385. The van der Waals surface area contributed by atoms with Crippen LogP contribution in [0.3, 0.4) is 0 Å². The zero-order valence-corrected chi connectivity index (χ0v) is 9.30. The molecule has 1 aromatic carbocycles. The minimum Gasteiger partial charge on any atom is -0.298 e. The molecule has 0 aromatic heterocycles. The molecule has 0 radical (unpaired) electrons. The molecule has 16 heavy (non-hydrogen) atoms. The van der Waals surface area contributed by atoms with E-state index in [2.05, 4.69) is 9.78 Å². The van der Waals surface area contributed by atoms with E-state index in [1.807, 2.05) is 6.07 Å². The quantitative estimate of drug-likeness (QED) is 0.331. The summed E-state index contributed by atoms with van der Waals surface area (Å²) in [5, 5.41) is 0. The lowest BCUT2D eigenvalue weighted by atomic mass is 9.95. The lowest BCUT2D eigenvalue weighted by molar-refractivity contribution is -0.257. The lowest BCUT2D eigenvalue weighted by Crippen LogP contribution is -2.25. The van der Waals surface area contributed by atoms with Gasteiger partial charge < -0.3 is 0 Å². The number of ketones is 1. The third-order valence-corrected chi connectivity index (χ3v) is 2.23. The summed E-state index contributed by atoms with van der Waals surface area (Å²) in [5.41, 5.74) is 0.502.